The van der Waals surface area contributed by atoms with Crippen LogP contribution in [0.3, 0.4) is 0 Å². The van der Waals surface area contributed by atoms with Crippen molar-refractivity contribution in [1.82, 2.24) is 15.1 Å². The zero-order chi connectivity index (χ0) is 18.1. The van der Waals surface area contributed by atoms with Gasteiger partial charge in [0.2, 0.25) is 11.8 Å². The first-order chi connectivity index (χ1) is 13.4. The lowest BCUT2D eigenvalue weighted by Crippen LogP contribution is -2.23. The molecule has 3 aromatic rings. The van der Waals surface area contributed by atoms with Gasteiger partial charge in [-0.1, -0.05) is 24.3 Å². The third-order valence-electron chi connectivity index (χ3n) is 5.14. The second-order valence-corrected chi connectivity index (χ2v) is 6.90. The van der Waals surface area contributed by atoms with Crippen LogP contribution in [-0.2, 0) is 6.54 Å². The highest BCUT2D eigenvalue weighted by Crippen LogP contribution is 2.38. The monoisotopic (exact) mass is 363 g/mol. The predicted molar refractivity (Wildman–Crippen MR) is 99.6 cm³/mol. The number of hydrogen-bond donors (Lipinski definition) is 0. The van der Waals surface area contributed by atoms with Gasteiger partial charge >= 0.3 is 0 Å². The summed E-state index contributed by atoms with van der Waals surface area (Å²) in [6, 6.07) is 16.5. The van der Waals surface area contributed by atoms with Crippen molar-refractivity contribution < 1.29 is 13.9 Å². The number of ether oxygens (including phenoxy) is 2. The third-order valence-corrected chi connectivity index (χ3v) is 5.14. The Morgan fingerprint density at radius 2 is 1.81 bits per heavy atom. The number of nitrogens with zero attached hydrogens (tertiary/aromatic N) is 3. The molecule has 0 radical (unpaired) electrons. The summed E-state index contributed by atoms with van der Waals surface area (Å²) in [7, 11) is 0. The Hall–Kier alpha value is -2.86. The Kier molecular flexibility index (Phi) is 4.26. The molecule has 2 aliphatic heterocycles. The highest BCUT2D eigenvalue weighted by atomic mass is 16.6. The fourth-order valence-corrected chi connectivity index (χ4v) is 3.85. The topological polar surface area (TPSA) is 60.6 Å². The van der Waals surface area contributed by atoms with E-state index in [1.54, 1.807) is 0 Å². The molecule has 0 saturated carbocycles. The standard InChI is InChI=1S/C21H21N3O3/c1-2-5-15(6-3-1)21-23-22-20(27-21)14-24-10-4-7-17(24)16-8-9-18-19(13-16)26-12-11-25-18/h1-3,5-6,8-9,13,17H,4,7,10-12,14H2/t17-/m1/s1. The largest absolute Gasteiger partial charge is 0.486 e. The second kappa shape index (κ2) is 7.04. The lowest BCUT2D eigenvalue weighted by molar-refractivity contribution is 0.170. The fraction of sp³-hybridized carbons (Fsp3) is 0.333. The summed E-state index contributed by atoms with van der Waals surface area (Å²) >= 11 is 0. The van der Waals surface area contributed by atoms with Crippen LogP contribution in [0, 0.1) is 0 Å². The molecule has 0 bridgehead atoms. The van der Waals surface area contributed by atoms with E-state index in [0.29, 0.717) is 37.6 Å². The van der Waals surface area contributed by atoms with Crippen molar-refractivity contribution in [2.45, 2.75) is 25.4 Å². The minimum atomic E-state index is 0.327. The molecule has 2 aliphatic rings. The van der Waals surface area contributed by atoms with Crippen molar-refractivity contribution in [2.75, 3.05) is 19.8 Å². The van der Waals surface area contributed by atoms with Gasteiger partial charge in [-0.2, -0.15) is 0 Å². The summed E-state index contributed by atoms with van der Waals surface area (Å²) in [5, 5.41) is 8.46. The zero-order valence-electron chi connectivity index (χ0n) is 15.0. The first-order valence-corrected chi connectivity index (χ1v) is 9.38. The van der Waals surface area contributed by atoms with Gasteiger partial charge in [-0.25, -0.2) is 0 Å². The van der Waals surface area contributed by atoms with Gasteiger partial charge in [0.1, 0.15) is 13.2 Å². The van der Waals surface area contributed by atoms with E-state index in [9.17, 15) is 0 Å². The number of rotatable bonds is 4. The highest BCUT2D eigenvalue weighted by Gasteiger charge is 2.28. The minimum absolute atomic E-state index is 0.327. The summed E-state index contributed by atoms with van der Waals surface area (Å²) in [5.74, 6) is 2.90. The maximum absolute atomic E-state index is 5.90. The normalized spacial score (nSPS) is 19.3. The Balaban J connectivity index is 1.34. The Morgan fingerprint density at radius 3 is 2.70 bits per heavy atom. The van der Waals surface area contributed by atoms with Crippen molar-refractivity contribution in [1.29, 1.82) is 0 Å². The molecule has 27 heavy (non-hydrogen) atoms. The maximum atomic E-state index is 5.90. The average Bonchev–Trinajstić information content (AvgIpc) is 3.38. The molecule has 0 N–H and O–H groups in total. The Bertz CT molecular complexity index is 925. The van der Waals surface area contributed by atoms with Gasteiger partial charge in [0, 0.05) is 11.6 Å². The molecule has 0 aliphatic carbocycles. The summed E-state index contributed by atoms with van der Waals surface area (Å²) in [4.78, 5) is 2.40. The number of aromatic nitrogens is 2. The number of likely N-dealkylation sites (tertiary alicyclic amines) is 1. The second-order valence-electron chi connectivity index (χ2n) is 6.90. The van der Waals surface area contributed by atoms with Gasteiger partial charge in [0.05, 0.1) is 6.54 Å². The predicted octanol–water partition coefficient (Wildman–Crippen LogP) is 3.84. The van der Waals surface area contributed by atoms with Crippen LogP contribution in [-0.4, -0.2) is 34.9 Å². The maximum Gasteiger partial charge on any atom is 0.247 e. The molecular weight excluding hydrogens is 342 g/mol. The van der Waals surface area contributed by atoms with Gasteiger partial charge in [-0.15, -0.1) is 10.2 Å². The highest BCUT2D eigenvalue weighted by molar-refractivity contribution is 5.51. The molecule has 6 heteroatoms. The summed E-state index contributed by atoms with van der Waals surface area (Å²) in [6.45, 7) is 2.89. The van der Waals surface area contributed by atoms with Gasteiger partial charge in [0.15, 0.2) is 11.5 Å². The lowest BCUT2D eigenvalue weighted by Gasteiger charge is -2.25. The van der Waals surface area contributed by atoms with Crippen molar-refractivity contribution in [3.05, 3.63) is 60.0 Å². The molecule has 2 aromatic carbocycles. The van der Waals surface area contributed by atoms with Gasteiger partial charge < -0.3 is 13.9 Å². The van der Waals surface area contributed by atoms with Crippen molar-refractivity contribution >= 4 is 0 Å². The smallest absolute Gasteiger partial charge is 0.247 e. The molecule has 3 heterocycles. The molecule has 138 valence electrons. The lowest BCUT2D eigenvalue weighted by atomic mass is 10.0. The van der Waals surface area contributed by atoms with Crippen LogP contribution >= 0.6 is 0 Å². The first-order valence-electron chi connectivity index (χ1n) is 9.38. The van der Waals surface area contributed by atoms with Crippen LogP contribution in [0.4, 0.5) is 0 Å². The zero-order valence-corrected chi connectivity index (χ0v) is 15.0. The number of benzene rings is 2. The van der Waals surface area contributed by atoms with Crippen molar-refractivity contribution in [2.24, 2.45) is 0 Å². The van der Waals surface area contributed by atoms with Gasteiger partial charge in [0.25, 0.3) is 0 Å². The average molecular weight is 363 g/mol. The van der Waals surface area contributed by atoms with E-state index in [4.69, 9.17) is 13.9 Å². The molecular formula is C21H21N3O3. The van der Waals surface area contributed by atoms with E-state index in [2.05, 4.69) is 27.2 Å². The molecule has 1 fully saturated rings. The van der Waals surface area contributed by atoms with E-state index >= 15 is 0 Å². The van der Waals surface area contributed by atoms with E-state index in [-0.39, 0.29) is 0 Å². The molecule has 5 rings (SSSR count). The fourth-order valence-electron chi connectivity index (χ4n) is 3.85. The molecule has 1 aromatic heterocycles. The molecule has 1 saturated heterocycles. The number of fused-ring (bicyclic) bond motifs is 1. The Morgan fingerprint density at radius 1 is 0.963 bits per heavy atom. The number of hydrogen-bond acceptors (Lipinski definition) is 6. The third kappa shape index (κ3) is 3.28. The summed E-state index contributed by atoms with van der Waals surface area (Å²) in [5.41, 5.74) is 2.20. The SMILES string of the molecule is c1ccc(-c2nnc(CN3CCC[C@@H]3c3ccc4c(c3)OCCO4)o2)cc1. The molecule has 1 atom stereocenters. The van der Waals surface area contributed by atoms with Crippen molar-refractivity contribution in [3.8, 4) is 23.0 Å². The summed E-state index contributed by atoms with van der Waals surface area (Å²) < 4.78 is 17.3. The van der Waals surface area contributed by atoms with Crippen LogP contribution in [0.5, 0.6) is 11.5 Å². The molecule has 0 unspecified atom stereocenters. The van der Waals surface area contributed by atoms with E-state index in [1.807, 2.05) is 36.4 Å². The van der Waals surface area contributed by atoms with Crippen molar-refractivity contribution in [3.63, 3.8) is 0 Å². The first kappa shape index (κ1) is 16.3. The van der Waals surface area contributed by atoms with E-state index < -0.39 is 0 Å². The van der Waals surface area contributed by atoms with Gasteiger partial charge in [-0.05, 0) is 49.2 Å². The molecule has 0 spiro atoms. The summed E-state index contributed by atoms with van der Waals surface area (Å²) in [6.07, 6.45) is 2.26. The molecule has 6 nitrogen and oxygen atoms in total. The van der Waals surface area contributed by atoms with Crippen LogP contribution in [0.2, 0.25) is 0 Å². The van der Waals surface area contributed by atoms with Crippen LogP contribution in [0.1, 0.15) is 30.3 Å². The van der Waals surface area contributed by atoms with E-state index in [0.717, 1.165) is 36.4 Å². The van der Waals surface area contributed by atoms with Crippen LogP contribution in [0.15, 0.2) is 52.9 Å². The van der Waals surface area contributed by atoms with Crippen LogP contribution in [0.25, 0.3) is 11.5 Å². The van der Waals surface area contributed by atoms with Crippen LogP contribution < -0.4 is 9.47 Å². The Labute approximate surface area is 157 Å². The minimum Gasteiger partial charge on any atom is -0.486 e. The van der Waals surface area contributed by atoms with E-state index in [1.165, 1.54) is 5.56 Å². The van der Waals surface area contributed by atoms with Gasteiger partial charge in [-0.3, -0.25) is 4.90 Å². The molecule has 0 amide bonds. The quantitative estimate of drug-likeness (QED) is 0.702.